The van der Waals surface area contributed by atoms with E-state index in [2.05, 4.69) is 10.1 Å². The van der Waals surface area contributed by atoms with Gasteiger partial charge in [0.25, 0.3) is 5.89 Å². The van der Waals surface area contributed by atoms with Gasteiger partial charge in [-0.15, -0.1) is 0 Å². The SMILES string of the molecule is Cc1occc1C(=O)OCc1nc(-c2cccc(Cl)c2)no1. The van der Waals surface area contributed by atoms with E-state index in [1.54, 1.807) is 37.3 Å². The maximum absolute atomic E-state index is 11.8. The van der Waals surface area contributed by atoms with E-state index in [-0.39, 0.29) is 12.5 Å². The van der Waals surface area contributed by atoms with Gasteiger partial charge in [-0.2, -0.15) is 4.98 Å². The number of carbonyl (C=O) groups excluding carboxylic acids is 1. The van der Waals surface area contributed by atoms with E-state index in [1.807, 2.05) is 0 Å². The number of esters is 1. The van der Waals surface area contributed by atoms with Crippen LogP contribution >= 0.6 is 11.6 Å². The van der Waals surface area contributed by atoms with E-state index >= 15 is 0 Å². The maximum atomic E-state index is 11.8. The van der Waals surface area contributed by atoms with Gasteiger partial charge < -0.3 is 13.7 Å². The van der Waals surface area contributed by atoms with Crippen LogP contribution in [-0.2, 0) is 11.3 Å². The number of carbonyl (C=O) groups is 1. The summed E-state index contributed by atoms with van der Waals surface area (Å²) in [5.41, 5.74) is 1.09. The molecule has 112 valence electrons. The van der Waals surface area contributed by atoms with Gasteiger partial charge in [-0.1, -0.05) is 28.9 Å². The molecule has 0 aliphatic rings. The molecule has 22 heavy (non-hydrogen) atoms. The van der Waals surface area contributed by atoms with Crippen LogP contribution in [0.5, 0.6) is 0 Å². The van der Waals surface area contributed by atoms with Gasteiger partial charge in [0.2, 0.25) is 5.82 Å². The van der Waals surface area contributed by atoms with Gasteiger partial charge >= 0.3 is 5.97 Å². The number of halogens is 1. The minimum absolute atomic E-state index is 0.114. The number of hydrogen-bond acceptors (Lipinski definition) is 6. The zero-order valence-electron chi connectivity index (χ0n) is 11.6. The van der Waals surface area contributed by atoms with Crippen LogP contribution in [0.25, 0.3) is 11.4 Å². The normalized spacial score (nSPS) is 10.6. The number of aromatic nitrogens is 2. The van der Waals surface area contributed by atoms with Gasteiger partial charge in [0, 0.05) is 10.6 Å². The summed E-state index contributed by atoms with van der Waals surface area (Å²) in [6.07, 6.45) is 1.43. The van der Waals surface area contributed by atoms with Gasteiger partial charge in [0.05, 0.1) is 6.26 Å². The number of rotatable bonds is 4. The topological polar surface area (TPSA) is 78.4 Å². The summed E-state index contributed by atoms with van der Waals surface area (Å²) in [6, 6.07) is 8.61. The first-order valence-electron chi connectivity index (χ1n) is 6.43. The number of ether oxygens (including phenoxy) is 1. The molecule has 0 radical (unpaired) electrons. The Balaban J connectivity index is 1.67. The lowest BCUT2D eigenvalue weighted by molar-refractivity contribution is 0.0428. The highest BCUT2D eigenvalue weighted by atomic mass is 35.5. The predicted octanol–water partition coefficient (Wildman–Crippen LogP) is 3.65. The molecule has 0 aliphatic carbocycles. The fraction of sp³-hybridized carbons (Fsp3) is 0.133. The van der Waals surface area contributed by atoms with E-state index in [4.69, 9.17) is 25.3 Å². The Kier molecular flexibility index (Phi) is 3.93. The Morgan fingerprint density at radius 1 is 1.36 bits per heavy atom. The highest BCUT2D eigenvalue weighted by molar-refractivity contribution is 6.30. The third-order valence-corrected chi connectivity index (χ3v) is 3.19. The summed E-state index contributed by atoms with van der Waals surface area (Å²) < 4.78 is 15.2. The van der Waals surface area contributed by atoms with Gasteiger partial charge in [0.15, 0.2) is 6.61 Å². The summed E-state index contributed by atoms with van der Waals surface area (Å²) in [7, 11) is 0. The average Bonchev–Trinajstić information content (AvgIpc) is 3.14. The third-order valence-electron chi connectivity index (χ3n) is 2.96. The average molecular weight is 319 g/mol. The second-order valence-corrected chi connectivity index (χ2v) is 4.93. The molecule has 0 fully saturated rings. The Bertz CT molecular complexity index is 809. The molecule has 0 N–H and O–H groups in total. The quantitative estimate of drug-likeness (QED) is 0.683. The van der Waals surface area contributed by atoms with Crippen LogP contribution in [0.15, 0.2) is 45.5 Å². The molecule has 1 aromatic carbocycles. The number of furan rings is 1. The smallest absolute Gasteiger partial charge is 0.342 e. The fourth-order valence-electron chi connectivity index (χ4n) is 1.86. The highest BCUT2D eigenvalue weighted by Gasteiger charge is 2.15. The van der Waals surface area contributed by atoms with Gasteiger partial charge in [0.1, 0.15) is 11.3 Å². The van der Waals surface area contributed by atoms with E-state index < -0.39 is 5.97 Å². The van der Waals surface area contributed by atoms with Crippen molar-refractivity contribution in [1.82, 2.24) is 10.1 Å². The molecular formula is C15H11ClN2O4. The second kappa shape index (κ2) is 6.03. The highest BCUT2D eigenvalue weighted by Crippen LogP contribution is 2.20. The molecular weight excluding hydrogens is 308 g/mol. The standard InChI is InChI=1S/C15H11ClN2O4/c1-9-12(5-6-20-9)15(19)21-8-13-17-14(18-22-13)10-3-2-4-11(16)7-10/h2-7H,8H2,1H3. The van der Waals surface area contributed by atoms with E-state index in [1.165, 1.54) is 6.26 Å². The zero-order chi connectivity index (χ0) is 15.5. The number of benzene rings is 1. The Morgan fingerprint density at radius 3 is 2.95 bits per heavy atom. The van der Waals surface area contributed by atoms with Crippen molar-refractivity contribution in [2.45, 2.75) is 13.5 Å². The molecule has 0 spiro atoms. The van der Waals surface area contributed by atoms with E-state index in [0.29, 0.717) is 22.2 Å². The number of aryl methyl sites for hydroxylation is 1. The molecule has 0 unspecified atom stereocenters. The zero-order valence-corrected chi connectivity index (χ0v) is 12.3. The molecule has 2 heterocycles. The van der Waals surface area contributed by atoms with E-state index in [0.717, 1.165) is 5.56 Å². The minimum atomic E-state index is -0.506. The summed E-state index contributed by atoms with van der Waals surface area (Å²) in [5.74, 6) is 0.571. The Labute approximate surface area is 130 Å². The van der Waals surface area contributed by atoms with Crippen molar-refractivity contribution in [2.75, 3.05) is 0 Å². The fourth-order valence-corrected chi connectivity index (χ4v) is 2.05. The van der Waals surface area contributed by atoms with Crippen molar-refractivity contribution in [2.24, 2.45) is 0 Å². The lowest BCUT2D eigenvalue weighted by Gasteiger charge is -1.99. The molecule has 0 aliphatic heterocycles. The first-order chi connectivity index (χ1) is 10.6. The van der Waals surface area contributed by atoms with Crippen LogP contribution in [0.1, 0.15) is 22.0 Å². The molecule has 0 bridgehead atoms. The van der Waals surface area contributed by atoms with Crippen molar-refractivity contribution in [3.63, 3.8) is 0 Å². The monoisotopic (exact) mass is 318 g/mol. The summed E-state index contributed by atoms with van der Waals surface area (Å²) >= 11 is 5.91. The van der Waals surface area contributed by atoms with Crippen LogP contribution in [0.3, 0.4) is 0 Å². The molecule has 0 saturated carbocycles. The predicted molar refractivity (Wildman–Crippen MR) is 77.3 cm³/mol. The molecule has 0 saturated heterocycles. The molecule has 3 rings (SSSR count). The molecule has 6 nitrogen and oxygen atoms in total. The van der Waals surface area contributed by atoms with Crippen LogP contribution in [0.4, 0.5) is 0 Å². The van der Waals surface area contributed by atoms with Gasteiger partial charge in [-0.3, -0.25) is 0 Å². The van der Waals surface area contributed by atoms with Gasteiger partial charge in [-0.05, 0) is 25.1 Å². The van der Waals surface area contributed by atoms with E-state index in [9.17, 15) is 4.79 Å². The number of hydrogen-bond donors (Lipinski definition) is 0. The van der Waals surface area contributed by atoms with Crippen LogP contribution in [-0.4, -0.2) is 16.1 Å². The Hall–Kier alpha value is -2.60. The maximum Gasteiger partial charge on any atom is 0.342 e. The first-order valence-corrected chi connectivity index (χ1v) is 6.81. The first kappa shape index (κ1) is 14.3. The van der Waals surface area contributed by atoms with Gasteiger partial charge in [-0.25, -0.2) is 4.79 Å². The van der Waals surface area contributed by atoms with Crippen molar-refractivity contribution < 1.29 is 18.5 Å². The lowest BCUT2D eigenvalue weighted by atomic mass is 10.2. The van der Waals surface area contributed by atoms with Crippen molar-refractivity contribution in [1.29, 1.82) is 0 Å². The lowest BCUT2D eigenvalue weighted by Crippen LogP contribution is -2.05. The minimum Gasteiger partial charge on any atom is -0.469 e. The largest absolute Gasteiger partial charge is 0.469 e. The molecule has 2 aromatic heterocycles. The molecule has 0 atom stereocenters. The number of nitrogens with zero attached hydrogens (tertiary/aromatic N) is 2. The summed E-state index contributed by atoms with van der Waals surface area (Å²) in [4.78, 5) is 16.0. The van der Waals surface area contributed by atoms with Crippen molar-refractivity contribution in [3.05, 3.63) is 58.8 Å². The summed E-state index contributed by atoms with van der Waals surface area (Å²) in [6.45, 7) is 1.57. The molecule has 3 aromatic rings. The Morgan fingerprint density at radius 2 is 2.23 bits per heavy atom. The van der Waals surface area contributed by atoms with Crippen molar-refractivity contribution >= 4 is 17.6 Å². The summed E-state index contributed by atoms with van der Waals surface area (Å²) in [5, 5.41) is 4.41. The molecule has 0 amide bonds. The van der Waals surface area contributed by atoms with Crippen LogP contribution in [0.2, 0.25) is 5.02 Å². The van der Waals surface area contributed by atoms with Crippen LogP contribution < -0.4 is 0 Å². The van der Waals surface area contributed by atoms with Crippen molar-refractivity contribution in [3.8, 4) is 11.4 Å². The second-order valence-electron chi connectivity index (χ2n) is 4.49. The molecule has 7 heteroatoms. The van der Waals surface area contributed by atoms with Crippen LogP contribution in [0, 0.1) is 6.92 Å². The third kappa shape index (κ3) is 3.01.